The molecule has 1 aromatic rings. The zero-order valence-corrected chi connectivity index (χ0v) is 11.3. The number of amides is 1. The van der Waals surface area contributed by atoms with Gasteiger partial charge in [-0.15, -0.1) is 0 Å². The van der Waals surface area contributed by atoms with Crippen LogP contribution in [0.15, 0.2) is 16.9 Å². The topological polar surface area (TPSA) is 103 Å². The summed E-state index contributed by atoms with van der Waals surface area (Å²) in [5, 5.41) is 0. The van der Waals surface area contributed by atoms with Crippen molar-refractivity contribution in [2.75, 3.05) is 7.11 Å². The van der Waals surface area contributed by atoms with Gasteiger partial charge >= 0.3 is 5.97 Å². The predicted octanol–water partition coefficient (Wildman–Crippen LogP) is -0.00660. The molecule has 0 radical (unpaired) electrons. The largest absolute Gasteiger partial charge is 0.465 e. The van der Waals surface area contributed by atoms with Crippen LogP contribution in [0.5, 0.6) is 0 Å². The van der Waals surface area contributed by atoms with Crippen molar-refractivity contribution in [1.82, 2.24) is 9.99 Å². The Bertz CT molecular complexity index is 569. The molecule has 0 aromatic carbocycles. The molecule has 0 spiro atoms. The monoisotopic (exact) mass is 267 g/mol. The second-order valence-electron chi connectivity index (χ2n) is 4.94. The van der Waals surface area contributed by atoms with Crippen molar-refractivity contribution in [3.8, 4) is 0 Å². The summed E-state index contributed by atoms with van der Waals surface area (Å²) >= 11 is 0. The standard InChI is InChI=1S/C12H17N3O4/c1-12(2,3)15-8(10(17)14-13)5-7(6-9(15)16)11(18)19-4/h5-6H,13H2,1-4H3,(H,14,17). The molecular formula is C12H17N3O4. The van der Waals surface area contributed by atoms with Gasteiger partial charge < -0.3 is 4.74 Å². The molecule has 104 valence electrons. The molecule has 1 rings (SSSR count). The smallest absolute Gasteiger partial charge is 0.338 e. The van der Waals surface area contributed by atoms with E-state index >= 15 is 0 Å². The van der Waals surface area contributed by atoms with Crippen molar-refractivity contribution in [3.05, 3.63) is 33.7 Å². The Hall–Kier alpha value is -2.15. The Labute approximate surface area is 110 Å². The molecule has 0 bridgehead atoms. The summed E-state index contributed by atoms with van der Waals surface area (Å²) in [5.74, 6) is 3.75. The number of esters is 1. The van der Waals surface area contributed by atoms with Crippen molar-refractivity contribution in [2.24, 2.45) is 5.84 Å². The zero-order chi connectivity index (χ0) is 14.8. The molecule has 0 atom stereocenters. The second kappa shape index (κ2) is 5.23. The van der Waals surface area contributed by atoms with E-state index in [4.69, 9.17) is 5.84 Å². The minimum absolute atomic E-state index is 0.00269. The van der Waals surface area contributed by atoms with Crippen molar-refractivity contribution in [2.45, 2.75) is 26.3 Å². The summed E-state index contributed by atoms with van der Waals surface area (Å²) < 4.78 is 5.80. The number of carbonyl (C=O) groups is 2. The van der Waals surface area contributed by atoms with Crippen LogP contribution in [0.2, 0.25) is 0 Å². The van der Waals surface area contributed by atoms with Gasteiger partial charge in [-0.25, -0.2) is 10.6 Å². The van der Waals surface area contributed by atoms with E-state index in [0.717, 1.165) is 6.07 Å². The molecule has 0 aliphatic carbocycles. The van der Waals surface area contributed by atoms with Crippen LogP contribution >= 0.6 is 0 Å². The van der Waals surface area contributed by atoms with E-state index in [2.05, 4.69) is 4.74 Å². The lowest BCUT2D eigenvalue weighted by Crippen LogP contribution is -2.42. The minimum Gasteiger partial charge on any atom is -0.465 e. The van der Waals surface area contributed by atoms with Crippen LogP contribution in [0, 0.1) is 0 Å². The van der Waals surface area contributed by atoms with Crippen LogP contribution in [-0.2, 0) is 10.3 Å². The highest BCUT2D eigenvalue weighted by Gasteiger charge is 2.24. The summed E-state index contributed by atoms with van der Waals surface area (Å²) in [6.45, 7) is 5.29. The molecule has 19 heavy (non-hydrogen) atoms. The molecule has 7 heteroatoms. The first kappa shape index (κ1) is 14.9. The number of hydrazine groups is 1. The Morgan fingerprint density at radius 2 is 1.89 bits per heavy atom. The molecule has 0 aliphatic rings. The lowest BCUT2D eigenvalue weighted by atomic mass is 10.1. The third kappa shape index (κ3) is 3.00. The fraction of sp³-hybridized carbons (Fsp3) is 0.417. The first-order chi connectivity index (χ1) is 8.72. The Balaban J connectivity index is 3.62. The van der Waals surface area contributed by atoms with E-state index in [1.165, 1.54) is 17.7 Å². The number of pyridine rings is 1. The molecule has 0 aliphatic heterocycles. The highest BCUT2D eigenvalue weighted by molar-refractivity contribution is 5.96. The average Bonchev–Trinajstić information content (AvgIpc) is 2.34. The van der Waals surface area contributed by atoms with Gasteiger partial charge in [0.15, 0.2) is 0 Å². The van der Waals surface area contributed by atoms with Crippen LogP contribution in [0.1, 0.15) is 41.6 Å². The van der Waals surface area contributed by atoms with Crippen LogP contribution in [0.25, 0.3) is 0 Å². The van der Waals surface area contributed by atoms with Crippen LogP contribution < -0.4 is 16.8 Å². The Morgan fingerprint density at radius 1 is 1.32 bits per heavy atom. The van der Waals surface area contributed by atoms with Gasteiger partial charge in [0.05, 0.1) is 12.7 Å². The van der Waals surface area contributed by atoms with Gasteiger partial charge in [0, 0.05) is 11.6 Å². The number of ether oxygens (including phenoxy) is 1. The highest BCUT2D eigenvalue weighted by atomic mass is 16.5. The second-order valence-corrected chi connectivity index (χ2v) is 4.94. The quantitative estimate of drug-likeness (QED) is 0.339. The third-order valence-corrected chi connectivity index (χ3v) is 2.49. The van der Waals surface area contributed by atoms with Gasteiger partial charge in [-0.2, -0.15) is 0 Å². The van der Waals surface area contributed by atoms with Crippen molar-refractivity contribution >= 4 is 11.9 Å². The molecular weight excluding hydrogens is 250 g/mol. The molecule has 1 amide bonds. The van der Waals surface area contributed by atoms with E-state index in [9.17, 15) is 14.4 Å². The molecule has 0 fully saturated rings. The van der Waals surface area contributed by atoms with Crippen LogP contribution in [0.4, 0.5) is 0 Å². The van der Waals surface area contributed by atoms with Crippen LogP contribution in [0.3, 0.4) is 0 Å². The van der Waals surface area contributed by atoms with Gasteiger partial charge in [-0.1, -0.05) is 0 Å². The van der Waals surface area contributed by atoms with Crippen molar-refractivity contribution in [1.29, 1.82) is 0 Å². The maximum Gasteiger partial charge on any atom is 0.338 e. The lowest BCUT2D eigenvalue weighted by Gasteiger charge is -2.25. The third-order valence-electron chi connectivity index (χ3n) is 2.49. The fourth-order valence-electron chi connectivity index (χ4n) is 1.74. The van der Waals surface area contributed by atoms with Gasteiger partial charge in [0.25, 0.3) is 11.5 Å². The average molecular weight is 267 g/mol. The predicted molar refractivity (Wildman–Crippen MR) is 68.7 cm³/mol. The van der Waals surface area contributed by atoms with E-state index in [-0.39, 0.29) is 11.3 Å². The number of carbonyl (C=O) groups excluding carboxylic acids is 2. The van der Waals surface area contributed by atoms with E-state index < -0.39 is 23.0 Å². The fourth-order valence-corrected chi connectivity index (χ4v) is 1.74. The summed E-state index contributed by atoms with van der Waals surface area (Å²) in [6, 6.07) is 2.41. The van der Waals surface area contributed by atoms with E-state index in [1.54, 1.807) is 20.8 Å². The molecule has 0 saturated carbocycles. The minimum atomic E-state index is -0.691. The van der Waals surface area contributed by atoms with Gasteiger partial charge in [-0.05, 0) is 26.8 Å². The Morgan fingerprint density at radius 3 is 2.32 bits per heavy atom. The van der Waals surface area contributed by atoms with Gasteiger partial charge in [0.2, 0.25) is 0 Å². The number of rotatable bonds is 2. The molecule has 0 unspecified atom stereocenters. The number of hydrogen-bond acceptors (Lipinski definition) is 5. The maximum atomic E-state index is 12.1. The summed E-state index contributed by atoms with van der Waals surface area (Å²) in [5.41, 5.74) is 0.854. The maximum absolute atomic E-state index is 12.1. The summed E-state index contributed by atoms with van der Waals surface area (Å²) in [6.07, 6.45) is 0. The SMILES string of the molecule is COC(=O)c1cc(C(=O)NN)n(C(C)(C)C)c(=O)c1. The molecule has 1 aromatic heterocycles. The number of aromatic nitrogens is 1. The molecule has 0 saturated heterocycles. The normalized spacial score (nSPS) is 11.0. The number of nitrogens with two attached hydrogens (primary N) is 1. The van der Waals surface area contributed by atoms with Gasteiger partial charge in [-0.3, -0.25) is 19.6 Å². The number of nitrogen functional groups attached to an aromatic ring is 1. The first-order valence-corrected chi connectivity index (χ1v) is 5.59. The van der Waals surface area contributed by atoms with Crippen molar-refractivity contribution in [3.63, 3.8) is 0 Å². The lowest BCUT2D eigenvalue weighted by molar-refractivity contribution is 0.0600. The summed E-state index contributed by atoms with van der Waals surface area (Å²) in [4.78, 5) is 35.3. The molecule has 1 heterocycles. The molecule has 3 N–H and O–H groups in total. The summed E-state index contributed by atoms with van der Waals surface area (Å²) in [7, 11) is 1.19. The number of nitrogens with one attached hydrogen (secondary N) is 1. The first-order valence-electron chi connectivity index (χ1n) is 5.59. The Kier molecular flexibility index (Phi) is 4.10. The van der Waals surface area contributed by atoms with Crippen molar-refractivity contribution < 1.29 is 14.3 Å². The van der Waals surface area contributed by atoms with Gasteiger partial charge in [0.1, 0.15) is 5.69 Å². The zero-order valence-electron chi connectivity index (χ0n) is 11.3. The van der Waals surface area contributed by atoms with E-state index in [0.29, 0.717) is 0 Å². The molecule has 7 nitrogen and oxygen atoms in total. The van der Waals surface area contributed by atoms with E-state index in [1.807, 2.05) is 5.43 Å². The number of hydrogen-bond donors (Lipinski definition) is 2. The number of methoxy groups -OCH3 is 1. The number of nitrogens with zero attached hydrogens (tertiary/aromatic N) is 1. The van der Waals surface area contributed by atoms with Crippen LogP contribution in [-0.4, -0.2) is 23.6 Å². The highest BCUT2D eigenvalue weighted by Crippen LogP contribution is 2.15.